The number of carbonyl (C=O) groups excluding carboxylic acids is 2. The molecule has 0 spiro atoms. The van der Waals surface area contributed by atoms with Gasteiger partial charge < -0.3 is 4.90 Å². The van der Waals surface area contributed by atoms with Crippen LogP contribution >= 0.6 is 0 Å². The van der Waals surface area contributed by atoms with Crippen LogP contribution in [0.5, 0.6) is 0 Å². The van der Waals surface area contributed by atoms with Gasteiger partial charge in [0.25, 0.3) is 0 Å². The predicted molar refractivity (Wildman–Crippen MR) is 52.9 cm³/mol. The van der Waals surface area contributed by atoms with Crippen LogP contribution in [0.1, 0.15) is 12.8 Å². The lowest BCUT2D eigenvalue weighted by molar-refractivity contribution is -0.128. The lowest BCUT2D eigenvalue weighted by Gasteiger charge is -2.26. The maximum atomic E-state index is 13.4. The van der Waals surface area contributed by atoms with E-state index in [9.17, 15) is 27.2 Å². The summed E-state index contributed by atoms with van der Waals surface area (Å²) in [6.07, 6.45) is -0.639. The van der Waals surface area contributed by atoms with Gasteiger partial charge in [-0.15, -0.1) is 0 Å². The molecule has 0 atom stereocenters. The van der Waals surface area contributed by atoms with Gasteiger partial charge in [-0.3, -0.25) is 9.59 Å². The first-order valence-corrected chi connectivity index (χ1v) is 5.07. The van der Waals surface area contributed by atoms with Crippen LogP contribution in [-0.4, -0.2) is 18.2 Å². The molecule has 1 fully saturated rings. The quantitative estimate of drug-likeness (QED) is 0.440. The molecule has 0 bridgehead atoms. The van der Waals surface area contributed by atoms with E-state index in [0.29, 0.717) is 4.90 Å². The van der Waals surface area contributed by atoms with E-state index in [2.05, 4.69) is 0 Å². The molecule has 0 saturated carbocycles. The van der Waals surface area contributed by atoms with Crippen molar-refractivity contribution in [2.45, 2.75) is 12.8 Å². The van der Waals surface area contributed by atoms with Crippen LogP contribution in [0.4, 0.5) is 23.2 Å². The number of hydrogen-bond donors (Lipinski definition) is 0. The molecule has 1 aliphatic heterocycles. The molecule has 1 aliphatic rings. The van der Waals surface area contributed by atoms with Gasteiger partial charge in [0.05, 0.1) is 6.42 Å². The van der Waals surface area contributed by atoms with Crippen LogP contribution in [0, 0.1) is 23.3 Å². The van der Waals surface area contributed by atoms with Gasteiger partial charge in [0.15, 0.2) is 23.3 Å². The largest absolute Gasteiger partial charge is 0.306 e. The zero-order chi connectivity index (χ0) is 13.4. The lowest BCUT2D eigenvalue weighted by atomic mass is 10.1. The summed E-state index contributed by atoms with van der Waals surface area (Å²) >= 11 is 0. The number of Topliss-reactive ketones (excluding diaryl/α,β-unsaturated/α-hetero) is 1. The molecular weight excluding hydrogens is 254 g/mol. The van der Waals surface area contributed by atoms with Crippen molar-refractivity contribution in [1.29, 1.82) is 0 Å². The Morgan fingerprint density at radius 1 is 1.00 bits per heavy atom. The van der Waals surface area contributed by atoms with E-state index in [0.717, 1.165) is 0 Å². The highest BCUT2D eigenvalue weighted by atomic mass is 19.2. The molecule has 3 nitrogen and oxygen atoms in total. The Hall–Kier alpha value is -1.92. The first-order valence-electron chi connectivity index (χ1n) is 5.07. The zero-order valence-electron chi connectivity index (χ0n) is 8.97. The second kappa shape index (κ2) is 4.40. The van der Waals surface area contributed by atoms with E-state index >= 15 is 0 Å². The van der Waals surface area contributed by atoms with Gasteiger partial charge >= 0.3 is 0 Å². The second-order valence-electron chi connectivity index (χ2n) is 3.83. The van der Waals surface area contributed by atoms with Crippen LogP contribution in [0.25, 0.3) is 0 Å². The average molecular weight is 261 g/mol. The van der Waals surface area contributed by atoms with E-state index in [-0.39, 0.29) is 24.8 Å². The Kier molecular flexibility index (Phi) is 3.06. The zero-order valence-corrected chi connectivity index (χ0v) is 8.97. The van der Waals surface area contributed by atoms with E-state index in [4.69, 9.17) is 0 Å². The van der Waals surface area contributed by atoms with Crippen molar-refractivity contribution >= 4 is 17.4 Å². The van der Waals surface area contributed by atoms with E-state index in [1.54, 1.807) is 0 Å². The van der Waals surface area contributed by atoms with Crippen LogP contribution in [-0.2, 0) is 9.59 Å². The standard InChI is InChI=1S/C11H7F4NO2/c12-6-4-7(13)10(15)11(9(6)14)16-2-1-5(17)3-8(16)18/h4H,1-3H2. The molecule has 0 aliphatic carbocycles. The average Bonchev–Trinajstić information content (AvgIpc) is 2.29. The minimum atomic E-state index is -1.64. The molecule has 1 aromatic carbocycles. The highest BCUT2D eigenvalue weighted by molar-refractivity contribution is 6.08. The SMILES string of the molecule is O=C1CCN(c2c(F)c(F)cc(F)c2F)C(=O)C1. The van der Waals surface area contributed by atoms with Crippen molar-refractivity contribution in [2.75, 3.05) is 11.4 Å². The summed E-state index contributed by atoms with van der Waals surface area (Å²) in [7, 11) is 0. The summed E-state index contributed by atoms with van der Waals surface area (Å²) in [4.78, 5) is 23.0. The van der Waals surface area contributed by atoms with Crippen molar-refractivity contribution < 1.29 is 27.2 Å². The van der Waals surface area contributed by atoms with Gasteiger partial charge in [-0.2, -0.15) is 0 Å². The third-order valence-corrected chi connectivity index (χ3v) is 2.62. The third kappa shape index (κ3) is 1.96. The topological polar surface area (TPSA) is 37.4 Å². The maximum absolute atomic E-state index is 13.4. The van der Waals surface area contributed by atoms with Gasteiger partial charge in [-0.25, -0.2) is 17.6 Å². The summed E-state index contributed by atoms with van der Waals surface area (Å²) in [6.45, 7) is -0.297. The molecule has 0 unspecified atom stereocenters. The van der Waals surface area contributed by atoms with Crippen LogP contribution in [0.2, 0.25) is 0 Å². The monoisotopic (exact) mass is 261 g/mol. The number of rotatable bonds is 1. The highest BCUT2D eigenvalue weighted by Gasteiger charge is 2.31. The number of ketones is 1. The molecule has 1 heterocycles. The summed E-state index contributed by atoms with van der Waals surface area (Å²) in [5, 5.41) is 0. The number of benzene rings is 1. The molecule has 1 amide bonds. The van der Waals surface area contributed by atoms with Gasteiger partial charge in [0, 0.05) is 19.0 Å². The highest BCUT2D eigenvalue weighted by Crippen LogP contribution is 2.29. The Morgan fingerprint density at radius 3 is 2.06 bits per heavy atom. The molecule has 1 saturated heterocycles. The van der Waals surface area contributed by atoms with Gasteiger partial charge in [-0.05, 0) is 0 Å². The Labute approximate surface area is 99.0 Å². The summed E-state index contributed by atoms with van der Waals surface area (Å²) in [6, 6.07) is 0.0632. The minimum Gasteiger partial charge on any atom is -0.306 e. The number of nitrogens with zero attached hydrogens (tertiary/aromatic N) is 1. The molecular formula is C11H7F4NO2. The van der Waals surface area contributed by atoms with Gasteiger partial charge in [0.1, 0.15) is 11.5 Å². The summed E-state index contributed by atoms with van der Waals surface area (Å²) in [5.74, 6) is -7.72. The Morgan fingerprint density at radius 2 is 1.56 bits per heavy atom. The van der Waals surface area contributed by atoms with E-state index in [1.807, 2.05) is 0 Å². The number of anilines is 1. The minimum absolute atomic E-state index is 0.0632. The molecule has 1 aromatic rings. The van der Waals surface area contributed by atoms with Crippen LogP contribution < -0.4 is 4.90 Å². The number of amides is 1. The molecule has 0 N–H and O–H groups in total. The van der Waals surface area contributed by atoms with Gasteiger partial charge in [0.2, 0.25) is 5.91 Å². The number of carbonyl (C=O) groups is 2. The molecule has 18 heavy (non-hydrogen) atoms. The first kappa shape index (κ1) is 12.5. The number of halogens is 4. The summed E-state index contributed by atoms with van der Waals surface area (Å²) in [5.41, 5.74) is -1.08. The van der Waals surface area contributed by atoms with Crippen LogP contribution in [0.3, 0.4) is 0 Å². The number of hydrogen-bond acceptors (Lipinski definition) is 2. The fourth-order valence-electron chi connectivity index (χ4n) is 1.75. The van der Waals surface area contributed by atoms with Crippen molar-refractivity contribution in [3.63, 3.8) is 0 Å². The van der Waals surface area contributed by atoms with Crippen molar-refractivity contribution in [2.24, 2.45) is 0 Å². The third-order valence-electron chi connectivity index (χ3n) is 2.62. The van der Waals surface area contributed by atoms with E-state index in [1.165, 1.54) is 0 Å². The maximum Gasteiger partial charge on any atom is 0.234 e. The van der Waals surface area contributed by atoms with Crippen molar-refractivity contribution in [1.82, 2.24) is 0 Å². The van der Waals surface area contributed by atoms with E-state index < -0.39 is 41.3 Å². The van der Waals surface area contributed by atoms with Crippen LogP contribution in [0.15, 0.2) is 6.07 Å². The van der Waals surface area contributed by atoms with Crippen molar-refractivity contribution in [3.8, 4) is 0 Å². The molecule has 2 rings (SSSR count). The first-order chi connectivity index (χ1) is 8.41. The Bertz CT molecular complexity index is 518. The second-order valence-corrected chi connectivity index (χ2v) is 3.83. The Balaban J connectivity index is 2.51. The number of piperidine rings is 1. The molecule has 96 valence electrons. The molecule has 7 heteroatoms. The van der Waals surface area contributed by atoms with Crippen molar-refractivity contribution in [3.05, 3.63) is 29.3 Å². The predicted octanol–water partition coefficient (Wildman–Crippen LogP) is 1.94. The fourth-order valence-corrected chi connectivity index (χ4v) is 1.75. The fraction of sp³-hybridized carbons (Fsp3) is 0.273. The smallest absolute Gasteiger partial charge is 0.234 e. The summed E-state index contributed by atoms with van der Waals surface area (Å²) < 4.78 is 52.9. The molecule has 0 aromatic heterocycles. The lowest BCUT2D eigenvalue weighted by Crippen LogP contribution is -2.40. The van der Waals surface area contributed by atoms with Gasteiger partial charge in [-0.1, -0.05) is 0 Å². The molecule has 0 radical (unpaired) electrons. The normalized spacial score (nSPS) is 16.3.